The van der Waals surface area contributed by atoms with Crippen LogP contribution in [-0.2, 0) is 9.53 Å². The normalized spacial score (nSPS) is 14.9. The van der Waals surface area contributed by atoms with Crippen LogP contribution in [0.15, 0.2) is 28.9 Å². The zero-order chi connectivity index (χ0) is 18.7. The summed E-state index contributed by atoms with van der Waals surface area (Å²) in [5, 5.41) is 3.34. The number of anilines is 1. The van der Waals surface area contributed by atoms with Crippen LogP contribution in [0.5, 0.6) is 0 Å². The van der Waals surface area contributed by atoms with Crippen LogP contribution in [0, 0.1) is 12.8 Å². The summed E-state index contributed by atoms with van der Waals surface area (Å²) in [7, 11) is 1.38. The van der Waals surface area contributed by atoms with Crippen LogP contribution in [0.4, 0.5) is 5.00 Å². The van der Waals surface area contributed by atoms with E-state index in [2.05, 4.69) is 5.32 Å². The largest absolute Gasteiger partial charge is 0.469 e. The molecule has 3 rings (SSSR count). The van der Waals surface area contributed by atoms with Gasteiger partial charge in [-0.1, -0.05) is 0 Å². The van der Waals surface area contributed by atoms with E-state index in [4.69, 9.17) is 9.15 Å². The summed E-state index contributed by atoms with van der Waals surface area (Å²) in [6.07, 6.45) is 2.64. The predicted octanol–water partition coefficient (Wildman–Crippen LogP) is 2.93. The third-order valence-electron chi connectivity index (χ3n) is 4.41. The van der Waals surface area contributed by atoms with Crippen molar-refractivity contribution < 1.29 is 23.5 Å². The fraction of sp³-hybridized carbons (Fsp3) is 0.389. The topological polar surface area (TPSA) is 88.9 Å². The van der Waals surface area contributed by atoms with Gasteiger partial charge in [-0.2, -0.15) is 0 Å². The Balaban J connectivity index is 1.64. The van der Waals surface area contributed by atoms with Gasteiger partial charge in [0, 0.05) is 13.1 Å². The molecule has 138 valence electrons. The molecule has 0 aromatic carbocycles. The Morgan fingerprint density at radius 3 is 2.65 bits per heavy atom. The summed E-state index contributed by atoms with van der Waals surface area (Å²) in [5.74, 6) is -0.568. The van der Waals surface area contributed by atoms with E-state index in [0.29, 0.717) is 35.8 Å². The summed E-state index contributed by atoms with van der Waals surface area (Å²) >= 11 is 1.24. The van der Waals surface area contributed by atoms with Crippen LogP contribution in [-0.4, -0.2) is 42.9 Å². The molecule has 1 saturated heterocycles. The van der Waals surface area contributed by atoms with E-state index < -0.39 is 0 Å². The Morgan fingerprint density at radius 2 is 2.04 bits per heavy atom. The molecule has 2 aromatic rings. The van der Waals surface area contributed by atoms with Gasteiger partial charge in [0.15, 0.2) is 5.76 Å². The highest BCUT2D eigenvalue weighted by Crippen LogP contribution is 2.30. The monoisotopic (exact) mass is 376 g/mol. The maximum Gasteiger partial charge on any atom is 0.308 e. The number of hydrogen-bond donors (Lipinski definition) is 1. The van der Waals surface area contributed by atoms with E-state index >= 15 is 0 Å². The summed E-state index contributed by atoms with van der Waals surface area (Å²) in [5.41, 5.74) is 0.810. The van der Waals surface area contributed by atoms with Crippen molar-refractivity contribution in [2.45, 2.75) is 19.8 Å². The van der Waals surface area contributed by atoms with Crippen molar-refractivity contribution in [3.8, 4) is 0 Å². The first-order valence-corrected chi connectivity index (χ1v) is 9.13. The Labute approximate surface area is 154 Å². The lowest BCUT2D eigenvalue weighted by Gasteiger charge is -2.30. The number of furan rings is 1. The number of aryl methyl sites for hydroxylation is 1. The highest BCUT2D eigenvalue weighted by atomic mass is 32.1. The lowest BCUT2D eigenvalue weighted by atomic mass is 9.97. The molecule has 1 fully saturated rings. The summed E-state index contributed by atoms with van der Waals surface area (Å²) in [4.78, 5) is 38.8. The van der Waals surface area contributed by atoms with Gasteiger partial charge in [0.05, 0.1) is 29.2 Å². The molecule has 1 aliphatic heterocycles. The van der Waals surface area contributed by atoms with Crippen LogP contribution in [0.3, 0.4) is 0 Å². The van der Waals surface area contributed by atoms with Crippen LogP contribution in [0.2, 0.25) is 0 Å². The minimum absolute atomic E-state index is 0.0747. The zero-order valence-electron chi connectivity index (χ0n) is 14.6. The second-order valence-electron chi connectivity index (χ2n) is 6.14. The Hall–Kier alpha value is -2.61. The standard InChI is InChI=1S/C18H20N2O5S/c1-11-10-14(19-16(21)13-4-3-9-25-13)26-15(11)17(22)20-7-5-12(6-8-20)18(23)24-2/h3-4,9-10,12H,5-8H2,1-2H3,(H,19,21). The second-order valence-corrected chi connectivity index (χ2v) is 7.20. The van der Waals surface area contributed by atoms with Crippen molar-refractivity contribution in [1.82, 2.24) is 4.90 Å². The van der Waals surface area contributed by atoms with Crippen molar-refractivity contribution in [2.24, 2.45) is 5.92 Å². The number of nitrogens with one attached hydrogen (secondary N) is 1. The van der Waals surface area contributed by atoms with Crippen molar-refractivity contribution in [2.75, 3.05) is 25.5 Å². The number of ether oxygens (including phenoxy) is 1. The van der Waals surface area contributed by atoms with Gasteiger partial charge >= 0.3 is 5.97 Å². The molecule has 7 nitrogen and oxygen atoms in total. The number of nitrogens with zero attached hydrogens (tertiary/aromatic N) is 1. The van der Waals surface area contributed by atoms with E-state index in [-0.39, 0.29) is 29.5 Å². The number of carbonyl (C=O) groups excluding carboxylic acids is 3. The van der Waals surface area contributed by atoms with E-state index in [1.54, 1.807) is 23.1 Å². The number of methoxy groups -OCH3 is 1. The lowest BCUT2D eigenvalue weighted by Crippen LogP contribution is -2.40. The van der Waals surface area contributed by atoms with Gasteiger partial charge < -0.3 is 19.4 Å². The molecule has 2 aromatic heterocycles. The van der Waals surface area contributed by atoms with Crippen molar-refractivity contribution in [1.29, 1.82) is 0 Å². The number of piperidine rings is 1. The first kappa shape index (κ1) is 18.2. The zero-order valence-corrected chi connectivity index (χ0v) is 15.4. The second kappa shape index (κ2) is 7.74. The number of esters is 1. The summed E-state index contributed by atoms with van der Waals surface area (Å²) in [6, 6.07) is 4.99. The van der Waals surface area contributed by atoms with E-state index in [9.17, 15) is 14.4 Å². The quantitative estimate of drug-likeness (QED) is 0.829. The maximum atomic E-state index is 12.8. The smallest absolute Gasteiger partial charge is 0.308 e. The third-order valence-corrected chi connectivity index (χ3v) is 5.55. The molecular weight excluding hydrogens is 356 g/mol. The molecule has 1 aliphatic rings. The van der Waals surface area contributed by atoms with Crippen LogP contribution >= 0.6 is 11.3 Å². The minimum Gasteiger partial charge on any atom is -0.469 e. The number of carbonyl (C=O) groups is 3. The fourth-order valence-corrected chi connectivity index (χ4v) is 4.00. The van der Waals surface area contributed by atoms with Crippen molar-refractivity contribution in [3.63, 3.8) is 0 Å². The number of hydrogen-bond acceptors (Lipinski definition) is 6. The maximum absolute atomic E-state index is 12.8. The predicted molar refractivity (Wildman–Crippen MR) is 96.4 cm³/mol. The van der Waals surface area contributed by atoms with Gasteiger partial charge in [0.25, 0.3) is 11.8 Å². The molecule has 0 aliphatic carbocycles. The number of thiophene rings is 1. The summed E-state index contributed by atoms with van der Waals surface area (Å²) < 4.78 is 9.84. The average Bonchev–Trinajstić information content (AvgIpc) is 3.30. The SMILES string of the molecule is COC(=O)C1CCN(C(=O)c2sc(NC(=O)c3ccco3)cc2C)CC1. The number of amides is 2. The Morgan fingerprint density at radius 1 is 1.31 bits per heavy atom. The summed E-state index contributed by atoms with van der Waals surface area (Å²) in [6.45, 7) is 2.88. The van der Waals surface area contributed by atoms with E-state index in [1.165, 1.54) is 24.7 Å². The van der Waals surface area contributed by atoms with Gasteiger partial charge in [-0.25, -0.2) is 0 Å². The van der Waals surface area contributed by atoms with Crippen molar-refractivity contribution in [3.05, 3.63) is 40.7 Å². The van der Waals surface area contributed by atoms with E-state index in [1.807, 2.05) is 6.92 Å². The molecule has 1 N–H and O–H groups in total. The Kier molecular flexibility index (Phi) is 5.41. The average molecular weight is 376 g/mol. The molecule has 0 spiro atoms. The lowest BCUT2D eigenvalue weighted by molar-refractivity contribution is -0.146. The fourth-order valence-electron chi connectivity index (χ4n) is 2.97. The number of rotatable bonds is 4. The van der Waals surface area contributed by atoms with Gasteiger partial charge in [0.2, 0.25) is 0 Å². The molecule has 0 atom stereocenters. The highest BCUT2D eigenvalue weighted by Gasteiger charge is 2.29. The van der Waals surface area contributed by atoms with Gasteiger partial charge in [-0.05, 0) is 43.5 Å². The van der Waals surface area contributed by atoms with Crippen molar-refractivity contribution >= 4 is 34.1 Å². The first-order chi connectivity index (χ1) is 12.5. The third kappa shape index (κ3) is 3.80. The highest BCUT2D eigenvalue weighted by molar-refractivity contribution is 7.18. The molecule has 0 saturated carbocycles. The Bertz CT molecular complexity index is 804. The molecule has 2 amide bonds. The molecule has 8 heteroatoms. The van der Waals surface area contributed by atoms with E-state index in [0.717, 1.165) is 5.56 Å². The van der Waals surface area contributed by atoms with Gasteiger partial charge in [-0.15, -0.1) is 11.3 Å². The van der Waals surface area contributed by atoms with Crippen LogP contribution < -0.4 is 5.32 Å². The molecular formula is C18H20N2O5S. The van der Waals surface area contributed by atoms with Crippen LogP contribution in [0.25, 0.3) is 0 Å². The molecule has 3 heterocycles. The molecule has 26 heavy (non-hydrogen) atoms. The van der Waals surface area contributed by atoms with Gasteiger partial charge in [-0.3, -0.25) is 14.4 Å². The minimum atomic E-state index is -0.353. The molecule has 0 unspecified atom stereocenters. The first-order valence-electron chi connectivity index (χ1n) is 8.32. The molecule has 0 radical (unpaired) electrons. The molecule has 0 bridgehead atoms. The van der Waals surface area contributed by atoms with Gasteiger partial charge in [0.1, 0.15) is 0 Å². The van der Waals surface area contributed by atoms with Crippen LogP contribution in [0.1, 0.15) is 38.6 Å². The number of likely N-dealkylation sites (tertiary alicyclic amines) is 1.